The molecular weight excluding hydrogens is 238 g/mol. The van der Waals surface area contributed by atoms with Crippen molar-refractivity contribution in [3.63, 3.8) is 0 Å². The fourth-order valence-corrected chi connectivity index (χ4v) is 1.16. The van der Waals surface area contributed by atoms with Crippen molar-refractivity contribution in [1.82, 2.24) is 0 Å². The van der Waals surface area contributed by atoms with Crippen LogP contribution in [0, 0.1) is 5.92 Å². The van der Waals surface area contributed by atoms with Gasteiger partial charge in [-0.2, -0.15) is 0 Å². The van der Waals surface area contributed by atoms with E-state index in [9.17, 15) is 4.79 Å². The molecule has 1 aromatic rings. The molecule has 0 heterocycles. The highest BCUT2D eigenvalue weighted by molar-refractivity contribution is 6.28. The highest BCUT2D eigenvalue weighted by Crippen LogP contribution is 2.16. The number of benzene rings is 1. The first-order chi connectivity index (χ1) is 8.02. The van der Waals surface area contributed by atoms with Crippen molar-refractivity contribution in [3.8, 4) is 0 Å². The number of nitrogens with one attached hydrogen (secondary N) is 1. The molecule has 0 bridgehead atoms. The molecule has 0 spiro atoms. The van der Waals surface area contributed by atoms with E-state index in [1.54, 1.807) is 24.3 Å². The summed E-state index contributed by atoms with van der Waals surface area (Å²) < 4.78 is 0. The smallest absolute Gasteiger partial charge is 0.226 e. The van der Waals surface area contributed by atoms with E-state index in [1.807, 2.05) is 13.8 Å². The lowest BCUT2D eigenvalue weighted by atomic mass is 10.2. The molecule has 0 aromatic heterocycles. The molecule has 4 nitrogen and oxygen atoms in total. The second kappa shape index (κ2) is 6.25. The van der Waals surface area contributed by atoms with E-state index in [1.165, 1.54) is 0 Å². The summed E-state index contributed by atoms with van der Waals surface area (Å²) >= 11 is 5.52. The van der Waals surface area contributed by atoms with Gasteiger partial charge in [0.1, 0.15) is 5.84 Å². The average Bonchev–Trinajstić information content (AvgIpc) is 2.31. The third-order valence-electron chi connectivity index (χ3n) is 2.07. The van der Waals surface area contributed by atoms with Crippen LogP contribution in [-0.4, -0.2) is 17.6 Å². The van der Waals surface area contributed by atoms with E-state index in [4.69, 9.17) is 17.3 Å². The van der Waals surface area contributed by atoms with Crippen LogP contribution in [0.3, 0.4) is 0 Å². The monoisotopic (exact) mass is 253 g/mol. The van der Waals surface area contributed by atoms with Crippen LogP contribution < -0.4 is 11.1 Å². The molecular formula is C12H16ClN3O. The molecule has 0 radical (unpaired) electrons. The van der Waals surface area contributed by atoms with Gasteiger partial charge in [0.25, 0.3) is 0 Å². The van der Waals surface area contributed by atoms with Gasteiger partial charge in [0.2, 0.25) is 5.91 Å². The van der Waals surface area contributed by atoms with Crippen molar-refractivity contribution in [2.24, 2.45) is 16.6 Å². The summed E-state index contributed by atoms with van der Waals surface area (Å²) in [7, 11) is 0. The van der Waals surface area contributed by atoms with E-state index in [-0.39, 0.29) is 17.7 Å². The Labute approximate surface area is 106 Å². The maximum Gasteiger partial charge on any atom is 0.226 e. The molecule has 0 unspecified atom stereocenters. The van der Waals surface area contributed by atoms with E-state index < -0.39 is 0 Å². The molecule has 0 saturated carbocycles. The largest absolute Gasteiger partial charge is 0.386 e. The highest BCUT2D eigenvalue weighted by atomic mass is 35.5. The van der Waals surface area contributed by atoms with Gasteiger partial charge in [-0.05, 0) is 24.3 Å². The van der Waals surface area contributed by atoms with Gasteiger partial charge >= 0.3 is 0 Å². The van der Waals surface area contributed by atoms with Gasteiger partial charge in [0.15, 0.2) is 0 Å². The first-order valence-corrected chi connectivity index (χ1v) is 5.86. The number of anilines is 1. The number of hydrogen-bond donors (Lipinski definition) is 2. The number of amidine groups is 1. The normalized spacial score (nSPS) is 11.6. The summed E-state index contributed by atoms with van der Waals surface area (Å²) in [6.45, 7) is 3.68. The van der Waals surface area contributed by atoms with Crippen LogP contribution in [0.25, 0.3) is 0 Å². The Bertz CT molecular complexity index is 412. The van der Waals surface area contributed by atoms with Gasteiger partial charge in [-0.3, -0.25) is 4.79 Å². The van der Waals surface area contributed by atoms with Crippen LogP contribution in [0.5, 0.6) is 0 Å². The summed E-state index contributed by atoms with van der Waals surface area (Å²) in [5.74, 6) is 0.512. The number of rotatable bonds is 4. The maximum atomic E-state index is 11.4. The molecule has 1 rings (SSSR count). The molecule has 5 heteroatoms. The zero-order chi connectivity index (χ0) is 12.8. The lowest BCUT2D eigenvalue weighted by Crippen LogP contribution is -2.17. The van der Waals surface area contributed by atoms with Gasteiger partial charge in [0.05, 0.1) is 11.6 Å². The number of nitrogens with two attached hydrogens (primary N) is 1. The van der Waals surface area contributed by atoms with Gasteiger partial charge < -0.3 is 11.1 Å². The van der Waals surface area contributed by atoms with Gasteiger partial charge in [0, 0.05) is 11.6 Å². The SMILES string of the molecule is CC(C)C(=O)Nc1ccc(N=C(N)CCl)cc1. The number of hydrogen-bond acceptors (Lipinski definition) is 2. The van der Waals surface area contributed by atoms with E-state index in [0.29, 0.717) is 11.5 Å². The van der Waals surface area contributed by atoms with E-state index in [0.717, 1.165) is 5.69 Å². The number of nitrogens with zero attached hydrogens (tertiary/aromatic N) is 1. The molecule has 3 N–H and O–H groups in total. The van der Waals surface area contributed by atoms with Crippen LogP contribution in [0.15, 0.2) is 29.3 Å². The molecule has 0 aliphatic rings. The topological polar surface area (TPSA) is 67.5 Å². The Morgan fingerprint density at radius 2 is 2.00 bits per heavy atom. The molecule has 0 atom stereocenters. The Kier molecular flexibility index (Phi) is 4.97. The molecule has 0 aliphatic heterocycles. The van der Waals surface area contributed by atoms with Crippen LogP contribution >= 0.6 is 11.6 Å². The minimum atomic E-state index is -0.0420. The van der Waals surface area contributed by atoms with Gasteiger partial charge in [-0.15, -0.1) is 11.6 Å². The molecule has 0 aliphatic carbocycles. The third kappa shape index (κ3) is 4.44. The second-order valence-corrected chi connectivity index (χ2v) is 4.19. The molecule has 0 saturated heterocycles. The molecule has 0 fully saturated rings. The minimum Gasteiger partial charge on any atom is -0.386 e. The van der Waals surface area contributed by atoms with E-state index >= 15 is 0 Å². The summed E-state index contributed by atoms with van der Waals surface area (Å²) in [5.41, 5.74) is 6.97. The Balaban J connectivity index is 2.72. The summed E-state index contributed by atoms with van der Waals surface area (Å²) in [5, 5.41) is 2.79. The fraction of sp³-hybridized carbons (Fsp3) is 0.333. The Hall–Kier alpha value is -1.55. The van der Waals surface area contributed by atoms with Crippen LogP contribution in [0.2, 0.25) is 0 Å². The second-order valence-electron chi connectivity index (χ2n) is 3.93. The van der Waals surface area contributed by atoms with Crippen LogP contribution in [0.1, 0.15) is 13.8 Å². The predicted molar refractivity (Wildman–Crippen MR) is 71.9 cm³/mol. The minimum absolute atomic E-state index is 0.0125. The van der Waals surface area contributed by atoms with Crippen molar-refractivity contribution < 1.29 is 4.79 Å². The summed E-state index contributed by atoms with van der Waals surface area (Å²) in [4.78, 5) is 15.5. The van der Waals surface area contributed by atoms with E-state index in [2.05, 4.69) is 10.3 Å². The Morgan fingerprint density at radius 3 is 2.47 bits per heavy atom. The lowest BCUT2D eigenvalue weighted by molar-refractivity contribution is -0.118. The van der Waals surface area contributed by atoms with Crippen molar-refractivity contribution in [1.29, 1.82) is 0 Å². The average molecular weight is 254 g/mol. The number of aliphatic imine (C=N–C) groups is 1. The molecule has 92 valence electrons. The van der Waals surface area contributed by atoms with Crippen molar-refractivity contribution in [3.05, 3.63) is 24.3 Å². The number of alkyl halides is 1. The standard InChI is InChI=1S/C12H16ClN3O/c1-8(2)12(17)16-10-5-3-9(4-6-10)15-11(14)7-13/h3-6,8H,7H2,1-2H3,(H2,14,15)(H,16,17). The Morgan fingerprint density at radius 1 is 1.41 bits per heavy atom. The van der Waals surface area contributed by atoms with Crippen LogP contribution in [0.4, 0.5) is 11.4 Å². The van der Waals surface area contributed by atoms with Gasteiger partial charge in [-0.1, -0.05) is 13.8 Å². The number of carbonyl (C=O) groups is 1. The first-order valence-electron chi connectivity index (χ1n) is 5.33. The molecule has 1 aromatic carbocycles. The van der Waals surface area contributed by atoms with Crippen molar-refractivity contribution in [2.45, 2.75) is 13.8 Å². The first kappa shape index (κ1) is 13.5. The van der Waals surface area contributed by atoms with Crippen molar-refractivity contribution in [2.75, 3.05) is 11.2 Å². The lowest BCUT2D eigenvalue weighted by Gasteiger charge is -2.07. The maximum absolute atomic E-state index is 11.4. The van der Waals surface area contributed by atoms with Gasteiger partial charge in [-0.25, -0.2) is 4.99 Å². The predicted octanol–water partition coefficient (Wildman–Crippen LogP) is 2.51. The highest BCUT2D eigenvalue weighted by Gasteiger charge is 2.06. The number of amides is 1. The van der Waals surface area contributed by atoms with Crippen LogP contribution in [-0.2, 0) is 4.79 Å². The number of carbonyl (C=O) groups excluding carboxylic acids is 1. The summed E-state index contributed by atoms with van der Waals surface area (Å²) in [6.07, 6.45) is 0. The zero-order valence-electron chi connectivity index (χ0n) is 9.90. The van der Waals surface area contributed by atoms with Crippen molar-refractivity contribution >= 4 is 34.7 Å². The fourth-order valence-electron chi connectivity index (χ4n) is 1.10. The quantitative estimate of drug-likeness (QED) is 0.492. The third-order valence-corrected chi connectivity index (χ3v) is 2.34. The molecule has 17 heavy (non-hydrogen) atoms. The number of halogens is 1. The summed E-state index contributed by atoms with van der Waals surface area (Å²) in [6, 6.07) is 7.10. The molecule has 1 amide bonds. The zero-order valence-corrected chi connectivity index (χ0v) is 10.7.